The zero-order valence-electron chi connectivity index (χ0n) is 15.6. The monoisotopic (exact) mass is 443 g/mol. The standard InChI is InChI=1S/C17H21N3O7S2/c1-20(2)29(25,26)19-16(17(21)18-22)12-28(23,24)15-10-8-14(9-11-15)27-13-6-4-3-5-7-13/h3-11,16,19,22H,12H2,1-2H3,(H,18,21)/t16-/m0/s1. The van der Waals surface area contributed by atoms with E-state index in [1.165, 1.54) is 43.8 Å². The number of nitrogens with zero attached hydrogens (tertiary/aromatic N) is 1. The lowest BCUT2D eigenvalue weighted by Crippen LogP contribution is -2.52. The summed E-state index contributed by atoms with van der Waals surface area (Å²) in [4.78, 5) is 11.6. The Kier molecular flexibility index (Phi) is 7.32. The number of rotatable bonds is 9. The van der Waals surface area contributed by atoms with E-state index in [0.29, 0.717) is 11.5 Å². The number of carbonyl (C=O) groups is 1. The molecule has 0 radical (unpaired) electrons. The van der Waals surface area contributed by atoms with Crippen molar-refractivity contribution < 1.29 is 31.6 Å². The molecular formula is C17H21N3O7S2. The molecule has 0 saturated carbocycles. The Labute approximate surface area is 169 Å². The minimum atomic E-state index is -4.12. The molecule has 3 N–H and O–H groups in total. The number of carbonyl (C=O) groups excluding carboxylic acids is 1. The van der Waals surface area contributed by atoms with Crippen molar-refractivity contribution in [2.45, 2.75) is 10.9 Å². The molecule has 2 rings (SSSR count). The second-order valence-corrected chi connectivity index (χ2v) is 10.1. The van der Waals surface area contributed by atoms with Gasteiger partial charge in [-0.3, -0.25) is 10.0 Å². The van der Waals surface area contributed by atoms with Gasteiger partial charge in [0.1, 0.15) is 17.5 Å². The van der Waals surface area contributed by atoms with Crippen molar-refractivity contribution in [3.8, 4) is 11.5 Å². The molecule has 12 heteroatoms. The van der Waals surface area contributed by atoms with E-state index in [-0.39, 0.29) is 4.90 Å². The van der Waals surface area contributed by atoms with Crippen LogP contribution in [0.25, 0.3) is 0 Å². The van der Waals surface area contributed by atoms with Crippen LogP contribution in [0.15, 0.2) is 59.5 Å². The van der Waals surface area contributed by atoms with Gasteiger partial charge in [0.15, 0.2) is 9.84 Å². The summed E-state index contributed by atoms with van der Waals surface area (Å²) in [6.07, 6.45) is 0. The van der Waals surface area contributed by atoms with Crippen LogP contribution in [-0.2, 0) is 24.8 Å². The van der Waals surface area contributed by atoms with Gasteiger partial charge in [-0.2, -0.15) is 17.4 Å². The van der Waals surface area contributed by atoms with Gasteiger partial charge < -0.3 is 4.74 Å². The molecule has 0 heterocycles. The van der Waals surface area contributed by atoms with Gasteiger partial charge in [0.05, 0.1) is 10.6 Å². The number of sulfone groups is 1. The maximum Gasteiger partial charge on any atom is 0.279 e. The molecule has 0 aliphatic heterocycles. The first kappa shape index (κ1) is 22.8. The molecule has 1 atom stereocenters. The number of ether oxygens (including phenoxy) is 1. The van der Waals surface area contributed by atoms with Crippen molar-refractivity contribution in [2.24, 2.45) is 0 Å². The van der Waals surface area contributed by atoms with Crippen molar-refractivity contribution in [1.82, 2.24) is 14.5 Å². The number of amides is 1. The summed E-state index contributed by atoms with van der Waals surface area (Å²) >= 11 is 0. The second kappa shape index (κ2) is 9.33. The zero-order valence-corrected chi connectivity index (χ0v) is 17.3. The van der Waals surface area contributed by atoms with Crippen LogP contribution in [0.5, 0.6) is 11.5 Å². The third-order valence-corrected chi connectivity index (χ3v) is 7.05. The molecule has 0 spiro atoms. The van der Waals surface area contributed by atoms with E-state index in [9.17, 15) is 21.6 Å². The molecule has 1 amide bonds. The van der Waals surface area contributed by atoms with Crippen LogP contribution < -0.4 is 14.9 Å². The number of hydroxylamine groups is 1. The van der Waals surface area contributed by atoms with E-state index in [2.05, 4.69) is 0 Å². The van der Waals surface area contributed by atoms with Crippen LogP contribution in [0.3, 0.4) is 0 Å². The number of benzene rings is 2. The Hall–Kier alpha value is -2.51. The molecule has 29 heavy (non-hydrogen) atoms. The second-order valence-electron chi connectivity index (χ2n) is 6.10. The summed E-state index contributed by atoms with van der Waals surface area (Å²) in [7, 11) is -5.79. The smallest absolute Gasteiger partial charge is 0.279 e. The average molecular weight is 444 g/mol. The fraction of sp³-hybridized carbons (Fsp3) is 0.235. The van der Waals surface area contributed by atoms with Crippen LogP contribution >= 0.6 is 0 Å². The fourth-order valence-electron chi connectivity index (χ4n) is 2.18. The van der Waals surface area contributed by atoms with E-state index < -0.39 is 37.7 Å². The first-order valence-corrected chi connectivity index (χ1v) is 11.3. The summed E-state index contributed by atoms with van der Waals surface area (Å²) in [6.45, 7) is 0. The van der Waals surface area contributed by atoms with Gasteiger partial charge in [-0.1, -0.05) is 18.2 Å². The molecule has 0 fully saturated rings. The highest BCUT2D eigenvalue weighted by atomic mass is 32.2. The largest absolute Gasteiger partial charge is 0.457 e. The van der Waals surface area contributed by atoms with E-state index in [1.807, 2.05) is 10.8 Å². The van der Waals surface area contributed by atoms with Gasteiger partial charge in [0.2, 0.25) is 0 Å². The lowest BCUT2D eigenvalue weighted by atomic mass is 10.3. The molecule has 0 saturated heterocycles. The highest BCUT2D eigenvalue weighted by molar-refractivity contribution is 7.91. The number of para-hydroxylation sites is 1. The molecule has 2 aromatic carbocycles. The van der Waals surface area contributed by atoms with E-state index in [0.717, 1.165) is 4.31 Å². The molecule has 158 valence electrons. The molecule has 10 nitrogen and oxygen atoms in total. The zero-order chi connectivity index (χ0) is 21.7. The summed E-state index contributed by atoms with van der Waals surface area (Å²) in [5.41, 5.74) is 1.27. The normalized spacial score (nSPS) is 13.1. The van der Waals surface area contributed by atoms with Crippen LogP contribution in [0.2, 0.25) is 0 Å². The first-order valence-electron chi connectivity index (χ1n) is 8.24. The minimum Gasteiger partial charge on any atom is -0.457 e. The van der Waals surface area contributed by atoms with Crippen molar-refractivity contribution in [1.29, 1.82) is 0 Å². The van der Waals surface area contributed by atoms with Gasteiger partial charge in [-0.15, -0.1) is 0 Å². The van der Waals surface area contributed by atoms with Gasteiger partial charge in [0, 0.05) is 14.1 Å². The summed E-state index contributed by atoms with van der Waals surface area (Å²) in [6, 6.07) is 12.6. The summed E-state index contributed by atoms with van der Waals surface area (Å²) in [5, 5.41) is 8.83. The quantitative estimate of drug-likeness (QED) is 0.379. The minimum absolute atomic E-state index is 0.141. The predicted octanol–water partition coefficient (Wildman–Crippen LogP) is 0.523. The molecule has 0 bridgehead atoms. The molecule has 0 aromatic heterocycles. The number of nitrogens with one attached hydrogen (secondary N) is 2. The van der Waals surface area contributed by atoms with Gasteiger partial charge in [-0.25, -0.2) is 13.9 Å². The third kappa shape index (κ3) is 6.24. The maximum atomic E-state index is 12.6. The predicted molar refractivity (Wildman–Crippen MR) is 104 cm³/mol. The lowest BCUT2D eigenvalue weighted by Gasteiger charge is -2.19. The first-order chi connectivity index (χ1) is 13.5. The molecule has 0 aliphatic rings. The number of hydrogen-bond donors (Lipinski definition) is 3. The van der Waals surface area contributed by atoms with E-state index in [1.54, 1.807) is 24.3 Å². The summed E-state index contributed by atoms with van der Waals surface area (Å²) in [5.74, 6) is -1.14. The molecule has 2 aromatic rings. The van der Waals surface area contributed by atoms with E-state index >= 15 is 0 Å². The third-order valence-electron chi connectivity index (χ3n) is 3.75. The SMILES string of the molecule is CN(C)S(=O)(=O)N[C@@H](CS(=O)(=O)c1ccc(Oc2ccccc2)cc1)C(=O)NO. The summed E-state index contributed by atoms with van der Waals surface area (Å²) < 4.78 is 57.5. The van der Waals surface area contributed by atoms with Crippen LogP contribution in [-0.4, -0.2) is 58.1 Å². The Balaban J connectivity index is 2.20. The van der Waals surface area contributed by atoms with Crippen molar-refractivity contribution in [3.05, 3.63) is 54.6 Å². The van der Waals surface area contributed by atoms with Crippen molar-refractivity contribution >= 4 is 26.0 Å². The van der Waals surface area contributed by atoms with Crippen molar-refractivity contribution in [3.63, 3.8) is 0 Å². The Morgan fingerprint density at radius 2 is 1.55 bits per heavy atom. The highest BCUT2D eigenvalue weighted by Gasteiger charge is 2.31. The van der Waals surface area contributed by atoms with Gasteiger partial charge in [-0.05, 0) is 36.4 Å². The fourth-order valence-corrected chi connectivity index (χ4v) is 4.46. The Bertz CT molecular complexity index is 1040. The lowest BCUT2D eigenvalue weighted by molar-refractivity contribution is -0.130. The van der Waals surface area contributed by atoms with Gasteiger partial charge in [0.25, 0.3) is 16.1 Å². The maximum absolute atomic E-state index is 12.6. The van der Waals surface area contributed by atoms with Crippen LogP contribution in [0, 0.1) is 0 Å². The average Bonchev–Trinajstić information content (AvgIpc) is 2.67. The van der Waals surface area contributed by atoms with Crippen LogP contribution in [0.4, 0.5) is 0 Å². The Morgan fingerprint density at radius 3 is 2.07 bits per heavy atom. The van der Waals surface area contributed by atoms with Gasteiger partial charge >= 0.3 is 0 Å². The Morgan fingerprint density at radius 1 is 1.00 bits per heavy atom. The van der Waals surface area contributed by atoms with Crippen molar-refractivity contribution in [2.75, 3.05) is 19.8 Å². The molecule has 0 unspecified atom stereocenters. The number of hydrogen-bond acceptors (Lipinski definition) is 7. The molecule has 0 aliphatic carbocycles. The van der Waals surface area contributed by atoms with Crippen LogP contribution in [0.1, 0.15) is 0 Å². The molecular weight excluding hydrogens is 422 g/mol. The van der Waals surface area contributed by atoms with E-state index in [4.69, 9.17) is 9.94 Å². The topological polar surface area (TPSA) is 142 Å². The highest BCUT2D eigenvalue weighted by Crippen LogP contribution is 2.23.